The number of amides is 1. The third-order valence-corrected chi connectivity index (χ3v) is 5.12. The van der Waals surface area contributed by atoms with Gasteiger partial charge in [0, 0.05) is 19.1 Å². The van der Waals surface area contributed by atoms with Gasteiger partial charge in [0.2, 0.25) is 5.91 Å². The van der Waals surface area contributed by atoms with Crippen LogP contribution in [0.15, 0.2) is 30.3 Å². The Balaban J connectivity index is 1.95. The molecular weight excluding hydrogens is 297 g/mol. The molecule has 0 saturated heterocycles. The van der Waals surface area contributed by atoms with Crippen molar-refractivity contribution in [3.05, 3.63) is 35.9 Å². The molecule has 110 valence electrons. The zero-order chi connectivity index (χ0) is 14.8. The van der Waals surface area contributed by atoms with Crippen LogP contribution in [0.4, 0.5) is 0 Å². The maximum atomic E-state index is 12.1. The van der Waals surface area contributed by atoms with Crippen molar-refractivity contribution in [1.82, 2.24) is 5.32 Å². The van der Waals surface area contributed by atoms with Gasteiger partial charge in [-0.25, -0.2) is 0 Å². The van der Waals surface area contributed by atoms with Crippen LogP contribution in [0.2, 0.25) is 0 Å². The molecule has 1 fully saturated rings. The van der Waals surface area contributed by atoms with Crippen molar-refractivity contribution in [2.45, 2.75) is 30.0 Å². The van der Waals surface area contributed by atoms with Gasteiger partial charge in [0.05, 0.1) is 5.41 Å². The molecule has 5 heteroatoms. The van der Waals surface area contributed by atoms with Crippen LogP contribution in [0.5, 0.6) is 0 Å². The molecule has 0 aromatic heterocycles. The lowest BCUT2D eigenvalue weighted by molar-refractivity contribution is -0.125. The average molecular weight is 316 g/mol. The highest BCUT2D eigenvalue weighted by molar-refractivity contribution is 6.53. The maximum absolute atomic E-state index is 12.1. The lowest BCUT2D eigenvalue weighted by Gasteiger charge is -2.19. The van der Waals surface area contributed by atoms with E-state index in [0.29, 0.717) is 19.4 Å². The largest absolute Gasteiger partial charge is 0.396 e. The van der Waals surface area contributed by atoms with Crippen molar-refractivity contribution in [2.24, 2.45) is 5.41 Å². The summed E-state index contributed by atoms with van der Waals surface area (Å²) in [6, 6.07) is 9.84. The zero-order valence-electron chi connectivity index (χ0n) is 11.4. The van der Waals surface area contributed by atoms with Crippen LogP contribution in [0, 0.1) is 5.41 Å². The highest BCUT2D eigenvalue weighted by Gasteiger charge is 2.67. The summed E-state index contributed by atoms with van der Waals surface area (Å²) < 4.78 is -0.948. The Labute approximate surface area is 129 Å². The number of hydrogen-bond donors (Lipinski definition) is 2. The Kier molecular flexibility index (Phi) is 4.62. The van der Waals surface area contributed by atoms with E-state index in [1.54, 1.807) is 6.92 Å². The second-order valence-electron chi connectivity index (χ2n) is 5.54. The van der Waals surface area contributed by atoms with Gasteiger partial charge in [-0.3, -0.25) is 4.79 Å². The summed E-state index contributed by atoms with van der Waals surface area (Å²) in [5, 5.41) is 12.1. The van der Waals surface area contributed by atoms with Crippen LogP contribution in [0.25, 0.3) is 0 Å². The molecule has 0 radical (unpaired) electrons. The highest BCUT2D eigenvalue weighted by Crippen LogP contribution is 2.63. The first-order valence-corrected chi connectivity index (χ1v) is 7.48. The molecule has 1 aromatic rings. The first kappa shape index (κ1) is 15.6. The van der Waals surface area contributed by atoms with E-state index in [2.05, 4.69) is 5.32 Å². The monoisotopic (exact) mass is 315 g/mol. The van der Waals surface area contributed by atoms with Crippen LogP contribution < -0.4 is 5.32 Å². The summed E-state index contributed by atoms with van der Waals surface area (Å²) >= 11 is 12.0. The molecule has 3 nitrogen and oxygen atoms in total. The molecular formula is C15H19Cl2NO2. The van der Waals surface area contributed by atoms with Crippen LogP contribution in [0.3, 0.4) is 0 Å². The fraction of sp³-hybridized carbons (Fsp3) is 0.533. The lowest BCUT2D eigenvalue weighted by Crippen LogP contribution is -2.36. The van der Waals surface area contributed by atoms with Crippen molar-refractivity contribution in [2.75, 3.05) is 13.2 Å². The van der Waals surface area contributed by atoms with E-state index in [1.165, 1.54) is 0 Å². The lowest BCUT2D eigenvalue weighted by atomic mass is 9.95. The second kappa shape index (κ2) is 5.92. The Hall–Kier alpha value is -0.770. The van der Waals surface area contributed by atoms with Gasteiger partial charge >= 0.3 is 0 Å². The summed E-state index contributed by atoms with van der Waals surface area (Å²) in [6.45, 7) is 2.33. The minimum absolute atomic E-state index is 0.0850. The Bertz CT molecular complexity index is 478. The zero-order valence-corrected chi connectivity index (χ0v) is 12.9. The third kappa shape index (κ3) is 3.11. The van der Waals surface area contributed by atoms with Crippen molar-refractivity contribution < 1.29 is 9.90 Å². The molecule has 1 amide bonds. The number of rotatable bonds is 6. The molecule has 0 spiro atoms. The molecule has 2 unspecified atom stereocenters. The normalized spacial score (nSPS) is 25.0. The van der Waals surface area contributed by atoms with Crippen molar-refractivity contribution in [3.63, 3.8) is 0 Å². The van der Waals surface area contributed by atoms with Crippen LogP contribution in [-0.2, 0) is 4.79 Å². The molecule has 1 aromatic carbocycles. The Morgan fingerprint density at radius 3 is 2.50 bits per heavy atom. The number of aliphatic hydroxyl groups is 1. The summed E-state index contributed by atoms with van der Waals surface area (Å²) in [5.74, 6) is -0.0334. The number of halogens is 2. The summed E-state index contributed by atoms with van der Waals surface area (Å²) in [5.41, 5.74) is 0.405. The molecule has 0 aliphatic heterocycles. The molecule has 1 aliphatic rings. The quantitative estimate of drug-likeness (QED) is 0.793. The molecule has 0 bridgehead atoms. The van der Waals surface area contributed by atoms with Gasteiger partial charge in [0.1, 0.15) is 4.33 Å². The number of carbonyl (C=O) groups excluding carboxylic acids is 1. The number of aliphatic hydroxyl groups excluding tert-OH is 1. The smallest absolute Gasteiger partial charge is 0.229 e. The Morgan fingerprint density at radius 2 is 2.00 bits per heavy atom. The fourth-order valence-electron chi connectivity index (χ4n) is 2.32. The van der Waals surface area contributed by atoms with Gasteiger partial charge in [0.15, 0.2) is 0 Å². The summed E-state index contributed by atoms with van der Waals surface area (Å²) in [7, 11) is 0. The van der Waals surface area contributed by atoms with E-state index in [4.69, 9.17) is 28.3 Å². The minimum atomic E-state index is -0.948. The number of nitrogens with one attached hydrogen (secondary N) is 1. The Morgan fingerprint density at radius 1 is 1.40 bits per heavy atom. The molecule has 0 heterocycles. The van der Waals surface area contributed by atoms with E-state index in [-0.39, 0.29) is 18.4 Å². The average Bonchev–Trinajstić information content (AvgIpc) is 2.95. The summed E-state index contributed by atoms with van der Waals surface area (Å²) in [6.07, 6.45) is 1.08. The van der Waals surface area contributed by atoms with Crippen LogP contribution >= 0.6 is 23.2 Å². The number of alkyl halides is 2. The molecule has 2 atom stereocenters. The molecule has 2 N–H and O–H groups in total. The van der Waals surface area contributed by atoms with Gasteiger partial charge in [-0.1, -0.05) is 30.3 Å². The van der Waals surface area contributed by atoms with Gasteiger partial charge in [-0.15, -0.1) is 23.2 Å². The third-order valence-electron chi connectivity index (χ3n) is 4.02. The van der Waals surface area contributed by atoms with Crippen LogP contribution in [0.1, 0.15) is 31.2 Å². The van der Waals surface area contributed by atoms with Crippen molar-refractivity contribution in [1.29, 1.82) is 0 Å². The SMILES string of the molecule is CC1(C(=O)NCC(CCO)c2ccccc2)CC1(Cl)Cl. The molecule has 20 heavy (non-hydrogen) atoms. The molecule has 1 aliphatic carbocycles. The van der Waals surface area contributed by atoms with E-state index in [1.807, 2.05) is 30.3 Å². The minimum Gasteiger partial charge on any atom is -0.396 e. The number of hydrogen-bond acceptors (Lipinski definition) is 2. The van der Waals surface area contributed by atoms with Gasteiger partial charge in [0.25, 0.3) is 0 Å². The van der Waals surface area contributed by atoms with E-state index in [0.717, 1.165) is 5.56 Å². The standard InChI is InChI=1S/C15H19Cl2NO2/c1-14(10-15(14,16)17)13(20)18-9-12(7-8-19)11-5-3-2-4-6-11/h2-6,12,19H,7-10H2,1H3,(H,18,20). The van der Waals surface area contributed by atoms with E-state index < -0.39 is 9.75 Å². The molecule has 1 saturated carbocycles. The predicted octanol–water partition coefficient (Wildman–Crippen LogP) is 2.85. The second-order valence-corrected chi connectivity index (χ2v) is 7.03. The van der Waals surface area contributed by atoms with Crippen LogP contribution in [-0.4, -0.2) is 28.5 Å². The first-order valence-electron chi connectivity index (χ1n) is 6.72. The van der Waals surface area contributed by atoms with Gasteiger partial charge in [-0.2, -0.15) is 0 Å². The topological polar surface area (TPSA) is 49.3 Å². The van der Waals surface area contributed by atoms with Crippen molar-refractivity contribution in [3.8, 4) is 0 Å². The van der Waals surface area contributed by atoms with Crippen molar-refractivity contribution >= 4 is 29.1 Å². The number of carbonyl (C=O) groups is 1. The van der Waals surface area contributed by atoms with E-state index >= 15 is 0 Å². The first-order chi connectivity index (χ1) is 9.40. The van der Waals surface area contributed by atoms with E-state index in [9.17, 15) is 4.79 Å². The fourth-order valence-corrected chi connectivity index (χ4v) is 3.03. The maximum Gasteiger partial charge on any atom is 0.229 e. The van der Waals surface area contributed by atoms with Gasteiger partial charge in [-0.05, 0) is 25.3 Å². The van der Waals surface area contributed by atoms with Gasteiger partial charge < -0.3 is 10.4 Å². The highest BCUT2D eigenvalue weighted by atomic mass is 35.5. The predicted molar refractivity (Wildman–Crippen MR) is 81.1 cm³/mol. The molecule has 2 rings (SSSR count). The number of benzene rings is 1. The summed E-state index contributed by atoms with van der Waals surface area (Å²) in [4.78, 5) is 12.1.